The van der Waals surface area contributed by atoms with Crippen molar-refractivity contribution >= 4 is 21.6 Å². The number of nitrogens with one attached hydrogen (secondary N) is 2. The van der Waals surface area contributed by atoms with E-state index < -0.39 is 0 Å². The zero-order valence-corrected chi connectivity index (χ0v) is 31.4. The maximum absolute atomic E-state index is 11.1. The van der Waals surface area contributed by atoms with Crippen LogP contribution in [0.2, 0.25) is 0 Å². The van der Waals surface area contributed by atoms with Crippen LogP contribution in [0.3, 0.4) is 0 Å². The predicted octanol–water partition coefficient (Wildman–Crippen LogP) is 9.82. The van der Waals surface area contributed by atoms with E-state index in [-0.39, 0.29) is 0 Å². The van der Waals surface area contributed by atoms with Crippen LogP contribution in [0.15, 0.2) is 54.6 Å². The Balaban J connectivity index is 1.15. The van der Waals surface area contributed by atoms with Crippen LogP contribution in [0.4, 0.5) is 0 Å². The van der Waals surface area contributed by atoms with Gasteiger partial charge >= 0.3 is 0 Å². The molecule has 8 rings (SSSR count). The topological polar surface area (TPSA) is 44.3 Å². The Labute approximate surface area is 299 Å². The minimum atomic E-state index is 0.369. The maximum Gasteiger partial charge on any atom is 0.116 e. The van der Waals surface area contributed by atoms with E-state index in [9.17, 15) is 5.11 Å². The molecule has 48 heavy (non-hydrogen) atoms. The lowest BCUT2D eigenvalue weighted by atomic mass is 9.44. The quantitative estimate of drug-likeness (QED) is 0.206. The first-order valence-electron chi connectivity index (χ1n) is 19.5. The van der Waals surface area contributed by atoms with Crippen molar-refractivity contribution in [1.29, 1.82) is 0 Å². The molecule has 0 radical (unpaired) electrons. The first-order valence-corrected chi connectivity index (χ1v) is 22.0. The van der Waals surface area contributed by atoms with Crippen molar-refractivity contribution < 1.29 is 5.11 Å². The van der Waals surface area contributed by atoms with Crippen LogP contribution in [0.1, 0.15) is 100 Å². The van der Waals surface area contributed by atoms with Gasteiger partial charge < -0.3 is 15.7 Å². The molecule has 4 bridgehead atoms. The van der Waals surface area contributed by atoms with Gasteiger partial charge in [-0.3, -0.25) is 0 Å². The molecular weight excluding hydrogens is 625 g/mol. The van der Waals surface area contributed by atoms with E-state index >= 15 is 0 Å². The Kier molecular flexibility index (Phi) is 9.81. The van der Waals surface area contributed by atoms with E-state index in [4.69, 9.17) is 0 Å². The highest BCUT2D eigenvalue weighted by atomic mass is 33.1. The monoisotopic (exact) mass is 684 g/mol. The van der Waals surface area contributed by atoms with Gasteiger partial charge in [-0.15, -0.1) is 0 Å². The molecule has 0 unspecified atom stereocenters. The van der Waals surface area contributed by atoms with Crippen molar-refractivity contribution in [2.24, 2.45) is 52.3 Å². The van der Waals surface area contributed by atoms with Crippen molar-refractivity contribution in [3.63, 3.8) is 0 Å². The van der Waals surface area contributed by atoms with Crippen molar-refractivity contribution in [2.45, 2.75) is 110 Å². The fourth-order valence-electron chi connectivity index (χ4n) is 12.6. The molecule has 11 atom stereocenters. The summed E-state index contributed by atoms with van der Waals surface area (Å²) >= 11 is 0. The van der Waals surface area contributed by atoms with Gasteiger partial charge in [0, 0.05) is 30.1 Å². The van der Waals surface area contributed by atoms with Crippen molar-refractivity contribution in [3.05, 3.63) is 76.9 Å². The number of allylic oxidation sites excluding steroid dienone is 2. The normalized spacial score (nSPS) is 41.4. The van der Waals surface area contributed by atoms with E-state index in [1.165, 1.54) is 92.2 Å². The smallest absolute Gasteiger partial charge is 0.116 e. The Morgan fingerprint density at radius 1 is 0.875 bits per heavy atom. The Morgan fingerprint density at radius 3 is 2.54 bits per heavy atom. The molecule has 0 saturated heterocycles. The van der Waals surface area contributed by atoms with Crippen LogP contribution in [-0.2, 0) is 19.4 Å². The molecule has 2 aromatic carbocycles. The summed E-state index contributed by atoms with van der Waals surface area (Å²) in [6, 6.07) is 16.7. The standard InChI is InChI=1S/C43H60N2OS2/c1-28-7-6-12-43(20-28)27-42(21-34-10-11-41(44-3)39(34)23-42)22-38-36-15-31-13-30(17-37(46)18-31)14-33-8-4-5-9-35(33)24-45-29(2)25-47-48-26-32(16-36)19-40(38)43/h4-6,8-9,12-13,17-18,28-29,32,34,36,38-41,44-46H,7,10-11,14-16,19-27H2,1-3H3/t28-,29-,32-,34+,36-,38-,39+,40-,41-,42-,43+/m1/s1. The van der Waals surface area contributed by atoms with Gasteiger partial charge in [-0.1, -0.05) is 71.0 Å². The molecule has 1 heterocycles. The minimum Gasteiger partial charge on any atom is -0.508 e. The van der Waals surface area contributed by atoms with Gasteiger partial charge in [0.25, 0.3) is 0 Å². The fraction of sp³-hybridized carbons (Fsp3) is 0.674. The molecule has 3 nitrogen and oxygen atoms in total. The van der Waals surface area contributed by atoms with E-state index in [0.29, 0.717) is 28.5 Å². The molecule has 3 N–H and O–H groups in total. The average Bonchev–Trinajstić information content (AvgIpc) is 3.59. The summed E-state index contributed by atoms with van der Waals surface area (Å²) in [6.07, 6.45) is 21.5. The van der Waals surface area contributed by atoms with E-state index in [1.807, 2.05) is 6.07 Å². The average molecular weight is 685 g/mol. The third kappa shape index (κ3) is 6.81. The summed E-state index contributed by atoms with van der Waals surface area (Å²) in [5.74, 6) is 8.53. The highest BCUT2D eigenvalue weighted by Gasteiger charge is 2.61. The van der Waals surface area contributed by atoms with E-state index in [0.717, 1.165) is 66.7 Å². The van der Waals surface area contributed by atoms with E-state index in [1.54, 1.807) is 0 Å². The van der Waals surface area contributed by atoms with Crippen molar-refractivity contribution in [3.8, 4) is 5.75 Å². The molecule has 2 spiro atoms. The number of phenols is 1. The minimum absolute atomic E-state index is 0.369. The second-order valence-corrected chi connectivity index (χ2v) is 20.3. The SMILES string of the molecule is CN[C@@H]1CC[C@H]2C[C@@]3(C[C@@H]4[C@@H]5Cc6cc(O)cc(c6)Cc6ccccc6CN[C@H](C)CSSC[C@H](C5)C[C@H]4[C@]4(C=CC[C@@H](C)C4)C3)C[C@@H]21. The molecule has 260 valence electrons. The van der Waals surface area contributed by atoms with E-state index in [2.05, 4.69) is 102 Å². The zero-order valence-electron chi connectivity index (χ0n) is 29.8. The van der Waals surface area contributed by atoms with Gasteiger partial charge in [-0.05, 0) is 178 Å². The van der Waals surface area contributed by atoms with Gasteiger partial charge in [0.2, 0.25) is 0 Å². The lowest BCUT2D eigenvalue weighted by molar-refractivity contribution is -0.0836. The Hall–Kier alpha value is -1.40. The molecule has 4 saturated carbocycles. The van der Waals surface area contributed by atoms with Gasteiger partial charge in [0.15, 0.2) is 0 Å². The third-order valence-electron chi connectivity index (χ3n) is 14.3. The molecule has 6 aliphatic rings. The van der Waals surface area contributed by atoms with Crippen LogP contribution in [0.25, 0.3) is 0 Å². The molecular formula is C43H60N2OS2. The Bertz CT molecular complexity index is 1480. The summed E-state index contributed by atoms with van der Waals surface area (Å²) in [5.41, 5.74) is 6.25. The highest BCUT2D eigenvalue weighted by Crippen LogP contribution is 2.69. The lowest BCUT2D eigenvalue weighted by Gasteiger charge is -2.60. The van der Waals surface area contributed by atoms with Crippen LogP contribution in [0.5, 0.6) is 5.75 Å². The molecule has 5 heteroatoms. The number of benzene rings is 2. The van der Waals surface area contributed by atoms with Crippen LogP contribution >= 0.6 is 21.6 Å². The highest BCUT2D eigenvalue weighted by molar-refractivity contribution is 8.76. The lowest BCUT2D eigenvalue weighted by Crippen LogP contribution is -2.52. The van der Waals surface area contributed by atoms with Gasteiger partial charge in [0.1, 0.15) is 5.75 Å². The van der Waals surface area contributed by atoms with Crippen LogP contribution in [0, 0.1) is 52.3 Å². The second kappa shape index (κ2) is 14.0. The molecule has 1 aliphatic heterocycles. The summed E-state index contributed by atoms with van der Waals surface area (Å²) in [4.78, 5) is 0. The van der Waals surface area contributed by atoms with Gasteiger partial charge in [-0.25, -0.2) is 0 Å². The van der Waals surface area contributed by atoms with Gasteiger partial charge in [0.05, 0.1) is 0 Å². The first-order chi connectivity index (χ1) is 23.3. The van der Waals surface area contributed by atoms with Crippen LogP contribution < -0.4 is 10.6 Å². The maximum atomic E-state index is 11.1. The second-order valence-electron chi connectivity index (χ2n) is 17.7. The van der Waals surface area contributed by atoms with Gasteiger partial charge in [-0.2, -0.15) is 0 Å². The third-order valence-corrected chi connectivity index (χ3v) is 17.0. The Morgan fingerprint density at radius 2 is 1.69 bits per heavy atom. The molecule has 0 aromatic heterocycles. The zero-order chi connectivity index (χ0) is 32.9. The molecule has 5 aliphatic carbocycles. The van der Waals surface area contributed by atoms with Crippen molar-refractivity contribution in [1.82, 2.24) is 10.6 Å². The molecule has 0 amide bonds. The number of phenolic OH excluding ortho intramolecular Hbond substituents is 1. The fourth-order valence-corrected chi connectivity index (χ4v) is 15.3. The van der Waals surface area contributed by atoms with Crippen LogP contribution in [-0.4, -0.2) is 35.7 Å². The number of hydrogen-bond donors (Lipinski definition) is 3. The number of hydrogen-bond acceptors (Lipinski definition) is 5. The predicted molar refractivity (Wildman–Crippen MR) is 205 cm³/mol. The summed E-state index contributed by atoms with van der Waals surface area (Å²) in [7, 11) is 6.47. The summed E-state index contributed by atoms with van der Waals surface area (Å²) in [5, 5.41) is 18.7. The number of fused-ring (bicyclic) bond motifs is 9. The van der Waals surface area contributed by atoms with Crippen molar-refractivity contribution in [2.75, 3.05) is 18.6 Å². The number of rotatable bonds is 1. The molecule has 2 aromatic rings. The summed E-state index contributed by atoms with van der Waals surface area (Å²) < 4.78 is 0. The molecule has 4 fully saturated rings. The summed E-state index contributed by atoms with van der Waals surface area (Å²) in [6.45, 7) is 5.79. The first kappa shape index (κ1) is 33.7. The largest absolute Gasteiger partial charge is 0.508 e. The number of aromatic hydroxyl groups is 1.